The van der Waals surface area contributed by atoms with Crippen LogP contribution in [-0.4, -0.2) is 60.2 Å². The van der Waals surface area contributed by atoms with E-state index in [0.29, 0.717) is 0 Å². The fourth-order valence-corrected chi connectivity index (χ4v) is 6.42. The molecule has 0 bridgehead atoms. The number of ether oxygens (including phenoxy) is 1. The molecular weight excluding hydrogens is 434 g/mol. The summed E-state index contributed by atoms with van der Waals surface area (Å²) < 4.78 is 7.69. The topological polar surface area (TPSA) is 37.7 Å². The number of aromatic nitrogens is 1. The number of rotatable bonds is 8. The lowest BCUT2D eigenvalue weighted by Crippen LogP contribution is -2.46. The van der Waals surface area contributed by atoms with Crippen molar-refractivity contribution < 1.29 is 9.53 Å². The van der Waals surface area contributed by atoms with Crippen LogP contribution in [0.5, 0.6) is 0 Å². The molecule has 1 spiro atoms. The van der Waals surface area contributed by atoms with Crippen molar-refractivity contribution in [2.75, 3.05) is 39.8 Å². The van der Waals surface area contributed by atoms with Crippen LogP contribution in [0.15, 0.2) is 60.8 Å². The third kappa shape index (κ3) is 5.03. The Bertz CT molecular complexity index is 1130. The predicted octanol–water partition coefficient (Wildman–Crippen LogP) is 4.98. The van der Waals surface area contributed by atoms with E-state index in [9.17, 15) is 4.79 Å². The van der Waals surface area contributed by atoms with Gasteiger partial charge in [0.1, 0.15) is 0 Å². The van der Waals surface area contributed by atoms with Crippen LogP contribution in [0.2, 0.25) is 0 Å². The van der Waals surface area contributed by atoms with Gasteiger partial charge in [-0.3, -0.25) is 9.69 Å². The van der Waals surface area contributed by atoms with Crippen LogP contribution >= 0.6 is 0 Å². The largest absolute Gasteiger partial charge is 0.469 e. The fraction of sp³-hybridized carbons (Fsp3) is 0.500. The smallest absolute Gasteiger partial charge is 0.310 e. The second-order valence-electron chi connectivity index (χ2n) is 10.5. The number of benzene rings is 2. The molecule has 0 saturated carbocycles. The van der Waals surface area contributed by atoms with Crippen molar-refractivity contribution in [2.24, 2.45) is 11.3 Å². The molecule has 2 aliphatic heterocycles. The average molecular weight is 474 g/mol. The van der Waals surface area contributed by atoms with Crippen molar-refractivity contribution >= 4 is 16.9 Å². The molecule has 0 radical (unpaired) electrons. The third-order valence-electron chi connectivity index (χ3n) is 8.35. The second-order valence-corrected chi connectivity index (χ2v) is 10.5. The SMILES string of the molecule is CCCn1cc(CN2CCC3(CC2)CN(CCc2ccccc2)CC3C(=O)OC)c2ccccc21. The molecule has 3 heterocycles. The highest BCUT2D eigenvalue weighted by atomic mass is 16.5. The van der Waals surface area contributed by atoms with Gasteiger partial charge in [-0.15, -0.1) is 0 Å². The molecule has 1 unspecified atom stereocenters. The van der Waals surface area contributed by atoms with Crippen LogP contribution in [0.4, 0.5) is 0 Å². The monoisotopic (exact) mass is 473 g/mol. The molecule has 35 heavy (non-hydrogen) atoms. The Labute approximate surface area is 209 Å². The zero-order valence-corrected chi connectivity index (χ0v) is 21.3. The standard InChI is InChI=1S/C30H39N3O2/c1-3-16-33-21-25(26-11-7-8-12-28(26)33)20-31-18-14-30(15-19-31)23-32(22-27(30)29(34)35-2)17-13-24-9-5-4-6-10-24/h4-12,21,27H,3,13-20,22-23H2,1-2H3. The number of methoxy groups -OCH3 is 1. The van der Waals surface area contributed by atoms with Crippen molar-refractivity contribution in [3.05, 3.63) is 71.9 Å². The number of hydrogen-bond acceptors (Lipinski definition) is 4. The van der Waals surface area contributed by atoms with Gasteiger partial charge in [0.2, 0.25) is 0 Å². The van der Waals surface area contributed by atoms with Gasteiger partial charge in [-0.05, 0) is 56.0 Å². The third-order valence-corrected chi connectivity index (χ3v) is 8.35. The van der Waals surface area contributed by atoms with E-state index >= 15 is 0 Å². The molecule has 1 atom stereocenters. The Morgan fingerprint density at radius 2 is 1.74 bits per heavy atom. The molecule has 2 aliphatic rings. The lowest BCUT2D eigenvalue weighted by Gasteiger charge is -2.41. The second kappa shape index (κ2) is 10.5. The van der Waals surface area contributed by atoms with E-state index in [1.54, 1.807) is 7.11 Å². The molecule has 3 aromatic rings. The molecule has 0 N–H and O–H groups in total. The van der Waals surface area contributed by atoms with E-state index in [1.165, 1.54) is 22.0 Å². The lowest BCUT2D eigenvalue weighted by molar-refractivity contribution is -0.149. The summed E-state index contributed by atoms with van der Waals surface area (Å²) in [5.74, 6) is -0.0415. The minimum atomic E-state index is -0.0247. The number of nitrogens with zero attached hydrogens (tertiary/aromatic N) is 3. The van der Waals surface area contributed by atoms with Gasteiger partial charge in [0.05, 0.1) is 13.0 Å². The van der Waals surface area contributed by atoms with Gasteiger partial charge in [0.15, 0.2) is 0 Å². The molecule has 5 heteroatoms. The quantitative estimate of drug-likeness (QED) is 0.433. The van der Waals surface area contributed by atoms with Crippen LogP contribution in [0.1, 0.15) is 37.3 Å². The van der Waals surface area contributed by atoms with Crippen LogP contribution in [-0.2, 0) is 29.0 Å². The van der Waals surface area contributed by atoms with E-state index in [4.69, 9.17) is 4.74 Å². The summed E-state index contributed by atoms with van der Waals surface area (Å²) in [5.41, 5.74) is 4.16. The highest BCUT2D eigenvalue weighted by molar-refractivity contribution is 5.84. The van der Waals surface area contributed by atoms with E-state index < -0.39 is 0 Å². The molecule has 2 aromatic carbocycles. The van der Waals surface area contributed by atoms with Crippen molar-refractivity contribution in [3.63, 3.8) is 0 Å². The summed E-state index contributed by atoms with van der Waals surface area (Å²) in [6.45, 7) is 9.17. The van der Waals surface area contributed by atoms with Crippen LogP contribution in [0.3, 0.4) is 0 Å². The Balaban J connectivity index is 1.25. The normalized spacial score (nSPS) is 20.6. The number of carbonyl (C=O) groups is 1. The number of fused-ring (bicyclic) bond motifs is 1. The lowest BCUT2D eigenvalue weighted by atomic mass is 9.70. The minimum Gasteiger partial charge on any atom is -0.469 e. The molecule has 0 amide bonds. The summed E-state index contributed by atoms with van der Waals surface area (Å²) in [4.78, 5) is 17.9. The Morgan fingerprint density at radius 1 is 1.00 bits per heavy atom. The number of likely N-dealkylation sites (tertiary alicyclic amines) is 2. The van der Waals surface area contributed by atoms with Gasteiger partial charge >= 0.3 is 5.97 Å². The Morgan fingerprint density at radius 3 is 2.49 bits per heavy atom. The maximum atomic E-state index is 12.8. The molecule has 2 saturated heterocycles. The summed E-state index contributed by atoms with van der Waals surface area (Å²) in [5, 5.41) is 1.38. The maximum Gasteiger partial charge on any atom is 0.310 e. The number of esters is 1. The van der Waals surface area contributed by atoms with Crippen LogP contribution in [0.25, 0.3) is 10.9 Å². The van der Waals surface area contributed by atoms with Gasteiger partial charge in [0.25, 0.3) is 0 Å². The first kappa shape index (κ1) is 24.1. The molecule has 5 nitrogen and oxygen atoms in total. The summed E-state index contributed by atoms with van der Waals surface area (Å²) in [6, 6.07) is 19.5. The van der Waals surface area contributed by atoms with Crippen molar-refractivity contribution in [3.8, 4) is 0 Å². The molecule has 5 rings (SSSR count). The molecule has 1 aromatic heterocycles. The fourth-order valence-electron chi connectivity index (χ4n) is 6.42. The number of aryl methyl sites for hydroxylation is 1. The molecule has 186 valence electrons. The van der Waals surface area contributed by atoms with E-state index in [0.717, 1.165) is 71.5 Å². The first-order valence-electron chi connectivity index (χ1n) is 13.2. The first-order chi connectivity index (χ1) is 17.1. The van der Waals surface area contributed by atoms with Crippen LogP contribution < -0.4 is 0 Å². The average Bonchev–Trinajstić information content (AvgIpc) is 3.43. The summed E-state index contributed by atoms with van der Waals surface area (Å²) in [6.07, 6.45) is 6.64. The zero-order valence-electron chi connectivity index (χ0n) is 21.3. The summed E-state index contributed by atoms with van der Waals surface area (Å²) in [7, 11) is 1.55. The molecular formula is C30H39N3O2. The predicted molar refractivity (Wildman–Crippen MR) is 141 cm³/mol. The van der Waals surface area contributed by atoms with Gasteiger partial charge < -0.3 is 14.2 Å². The van der Waals surface area contributed by atoms with Gasteiger partial charge in [-0.2, -0.15) is 0 Å². The van der Waals surface area contributed by atoms with E-state index in [1.807, 2.05) is 0 Å². The number of piperidine rings is 1. The zero-order chi connectivity index (χ0) is 24.3. The minimum absolute atomic E-state index is 0.0168. The highest BCUT2D eigenvalue weighted by Gasteiger charge is 2.51. The number of para-hydroxylation sites is 1. The summed E-state index contributed by atoms with van der Waals surface area (Å²) >= 11 is 0. The number of carbonyl (C=O) groups excluding carboxylic acids is 1. The highest BCUT2D eigenvalue weighted by Crippen LogP contribution is 2.45. The van der Waals surface area contributed by atoms with Crippen molar-refractivity contribution in [1.82, 2.24) is 14.4 Å². The van der Waals surface area contributed by atoms with Gasteiger partial charge in [0, 0.05) is 55.2 Å². The number of hydrogen-bond donors (Lipinski definition) is 0. The molecule has 2 fully saturated rings. The molecule has 0 aliphatic carbocycles. The van der Waals surface area contributed by atoms with E-state index in [2.05, 4.69) is 82.1 Å². The maximum absolute atomic E-state index is 12.8. The van der Waals surface area contributed by atoms with Crippen LogP contribution in [0, 0.1) is 11.3 Å². The Kier molecular flexibility index (Phi) is 7.26. The first-order valence-corrected chi connectivity index (χ1v) is 13.2. The van der Waals surface area contributed by atoms with E-state index in [-0.39, 0.29) is 17.3 Å². The Hall–Kier alpha value is -2.63. The van der Waals surface area contributed by atoms with Gasteiger partial charge in [-0.1, -0.05) is 55.5 Å². The van der Waals surface area contributed by atoms with Crippen molar-refractivity contribution in [2.45, 2.75) is 45.7 Å². The van der Waals surface area contributed by atoms with Crippen molar-refractivity contribution in [1.29, 1.82) is 0 Å². The van der Waals surface area contributed by atoms with Gasteiger partial charge in [-0.25, -0.2) is 0 Å².